The topological polar surface area (TPSA) is 89.9 Å². The van der Waals surface area contributed by atoms with E-state index in [9.17, 15) is 13.2 Å². The summed E-state index contributed by atoms with van der Waals surface area (Å²) in [6.45, 7) is 0. The van der Waals surface area contributed by atoms with Crippen molar-refractivity contribution >= 4 is 27.7 Å². The third-order valence-electron chi connectivity index (χ3n) is 2.71. The van der Waals surface area contributed by atoms with Crippen LogP contribution in [0.15, 0.2) is 47.4 Å². The van der Waals surface area contributed by atoms with Crippen LogP contribution in [0.5, 0.6) is 11.5 Å². The second-order valence-corrected chi connectivity index (χ2v) is 6.14. The zero-order valence-electron chi connectivity index (χ0n) is 11.3. The average molecular weight is 343 g/mol. The van der Waals surface area contributed by atoms with Crippen LogP contribution in [0.1, 0.15) is 10.4 Å². The van der Waals surface area contributed by atoms with E-state index in [1.807, 2.05) is 0 Å². The fraction of sp³-hybridized carbons (Fsp3) is 0.0714. The van der Waals surface area contributed by atoms with Crippen molar-refractivity contribution in [2.75, 3.05) is 7.11 Å². The van der Waals surface area contributed by atoms with Crippen molar-refractivity contribution < 1.29 is 27.2 Å². The van der Waals surface area contributed by atoms with Crippen LogP contribution in [-0.2, 0) is 10.1 Å². The van der Waals surface area contributed by atoms with Gasteiger partial charge in [0.15, 0.2) is 11.5 Å². The Bertz CT molecular complexity index is 799. The summed E-state index contributed by atoms with van der Waals surface area (Å²) in [5, 5.41) is 9.30. The van der Waals surface area contributed by atoms with Gasteiger partial charge in [-0.05, 0) is 42.5 Å². The second-order valence-electron chi connectivity index (χ2n) is 4.16. The molecule has 0 radical (unpaired) electrons. The highest BCUT2D eigenvalue weighted by Crippen LogP contribution is 2.31. The molecular formula is C14H11ClO6S. The summed E-state index contributed by atoms with van der Waals surface area (Å²) >= 11 is 5.71. The maximum Gasteiger partial charge on any atom is 0.339 e. The highest BCUT2D eigenvalue weighted by Gasteiger charge is 2.20. The zero-order chi connectivity index (χ0) is 16.3. The number of aromatic carboxylic acids is 1. The third kappa shape index (κ3) is 3.49. The standard InChI is InChI=1S/C14H11ClO6S/c1-20-13-8-9(14(16)17)2-7-12(13)21-22(18,19)11-5-3-10(15)4-6-11/h2-8H,1H3,(H,16,17). The van der Waals surface area contributed by atoms with Gasteiger partial charge in [-0.25, -0.2) is 4.79 Å². The number of carboxylic acids is 1. The molecule has 22 heavy (non-hydrogen) atoms. The SMILES string of the molecule is COc1cc(C(=O)O)ccc1OS(=O)(=O)c1ccc(Cl)cc1. The van der Waals surface area contributed by atoms with Crippen molar-refractivity contribution in [1.82, 2.24) is 0 Å². The number of halogens is 1. The molecule has 0 aliphatic heterocycles. The van der Waals surface area contributed by atoms with Gasteiger partial charge in [0, 0.05) is 5.02 Å². The van der Waals surface area contributed by atoms with Gasteiger partial charge in [-0.15, -0.1) is 0 Å². The van der Waals surface area contributed by atoms with Gasteiger partial charge in [-0.3, -0.25) is 0 Å². The third-order valence-corrected chi connectivity index (χ3v) is 4.21. The summed E-state index contributed by atoms with van der Waals surface area (Å²) < 4.78 is 34.3. The molecule has 0 atom stereocenters. The summed E-state index contributed by atoms with van der Waals surface area (Å²) in [6.07, 6.45) is 0. The molecule has 116 valence electrons. The highest BCUT2D eigenvalue weighted by atomic mass is 35.5. The molecule has 1 N–H and O–H groups in total. The highest BCUT2D eigenvalue weighted by molar-refractivity contribution is 7.87. The summed E-state index contributed by atoms with van der Waals surface area (Å²) in [5.74, 6) is -1.27. The molecule has 0 aliphatic carbocycles. The Morgan fingerprint density at radius 2 is 1.73 bits per heavy atom. The summed E-state index contributed by atoms with van der Waals surface area (Å²) in [4.78, 5) is 10.8. The van der Waals surface area contributed by atoms with Crippen LogP contribution in [0, 0.1) is 0 Å². The molecule has 0 saturated carbocycles. The van der Waals surface area contributed by atoms with Crippen LogP contribution in [0.2, 0.25) is 5.02 Å². The van der Waals surface area contributed by atoms with Gasteiger partial charge in [0.2, 0.25) is 0 Å². The predicted octanol–water partition coefficient (Wildman–Crippen LogP) is 2.81. The first kappa shape index (κ1) is 16.1. The first-order chi connectivity index (χ1) is 10.3. The van der Waals surface area contributed by atoms with Crippen LogP contribution >= 0.6 is 11.6 Å². The lowest BCUT2D eigenvalue weighted by Crippen LogP contribution is -2.10. The zero-order valence-corrected chi connectivity index (χ0v) is 12.9. The van der Waals surface area contributed by atoms with Crippen LogP contribution < -0.4 is 8.92 Å². The Kier molecular flexibility index (Phi) is 4.58. The fourth-order valence-electron chi connectivity index (χ4n) is 1.64. The van der Waals surface area contributed by atoms with Crippen LogP contribution in [0.3, 0.4) is 0 Å². The summed E-state index contributed by atoms with van der Waals surface area (Å²) in [5.41, 5.74) is -0.0481. The molecule has 0 amide bonds. The molecular weight excluding hydrogens is 332 g/mol. The minimum absolute atomic E-state index is 0.00237. The van der Waals surface area contributed by atoms with Crippen LogP contribution in [0.4, 0.5) is 0 Å². The van der Waals surface area contributed by atoms with E-state index >= 15 is 0 Å². The quantitative estimate of drug-likeness (QED) is 0.840. The minimum Gasteiger partial charge on any atom is -0.493 e. The van der Waals surface area contributed by atoms with Crippen molar-refractivity contribution in [2.45, 2.75) is 4.90 Å². The number of hydrogen-bond acceptors (Lipinski definition) is 5. The van der Waals surface area contributed by atoms with E-state index in [4.69, 9.17) is 25.6 Å². The molecule has 2 aromatic rings. The van der Waals surface area contributed by atoms with E-state index in [0.29, 0.717) is 5.02 Å². The number of benzene rings is 2. The molecule has 0 aliphatic rings. The first-order valence-corrected chi connectivity index (χ1v) is 7.73. The molecule has 2 aromatic carbocycles. The van der Waals surface area contributed by atoms with Gasteiger partial charge in [-0.1, -0.05) is 11.6 Å². The smallest absolute Gasteiger partial charge is 0.339 e. The number of ether oxygens (including phenoxy) is 1. The maximum absolute atomic E-state index is 12.2. The van der Waals surface area contributed by atoms with E-state index < -0.39 is 16.1 Å². The molecule has 0 aromatic heterocycles. The minimum atomic E-state index is -4.08. The molecule has 2 rings (SSSR count). The van der Waals surface area contributed by atoms with E-state index in [1.54, 1.807) is 0 Å². The molecule has 0 saturated heterocycles. The summed E-state index contributed by atoms with van der Waals surface area (Å²) in [7, 11) is -2.80. The normalized spacial score (nSPS) is 11.0. The average Bonchev–Trinajstić information content (AvgIpc) is 2.47. The number of methoxy groups -OCH3 is 1. The number of hydrogen-bond donors (Lipinski definition) is 1. The van der Waals surface area contributed by atoms with Gasteiger partial charge >= 0.3 is 16.1 Å². The predicted molar refractivity (Wildman–Crippen MR) is 79.2 cm³/mol. The van der Waals surface area contributed by atoms with Gasteiger partial charge in [0.05, 0.1) is 12.7 Å². The Morgan fingerprint density at radius 3 is 2.27 bits per heavy atom. The van der Waals surface area contributed by atoms with Gasteiger partial charge in [0.25, 0.3) is 0 Å². The van der Waals surface area contributed by atoms with Gasteiger partial charge in [-0.2, -0.15) is 8.42 Å². The van der Waals surface area contributed by atoms with E-state index in [2.05, 4.69) is 0 Å². The lowest BCUT2D eigenvalue weighted by Gasteiger charge is -2.11. The van der Waals surface area contributed by atoms with Crippen molar-refractivity contribution in [3.05, 3.63) is 53.1 Å². The lowest BCUT2D eigenvalue weighted by atomic mass is 10.2. The number of carbonyl (C=O) groups is 1. The molecule has 8 heteroatoms. The fourth-order valence-corrected chi connectivity index (χ4v) is 2.70. The van der Waals surface area contributed by atoms with E-state index in [1.165, 1.54) is 49.6 Å². The molecule has 6 nitrogen and oxygen atoms in total. The lowest BCUT2D eigenvalue weighted by molar-refractivity contribution is 0.0696. The first-order valence-electron chi connectivity index (χ1n) is 5.95. The van der Waals surface area contributed by atoms with Crippen molar-refractivity contribution in [3.8, 4) is 11.5 Å². The Balaban J connectivity index is 2.37. The molecule has 0 heterocycles. The Labute approximate surface area is 132 Å². The Morgan fingerprint density at radius 1 is 1.09 bits per heavy atom. The monoisotopic (exact) mass is 342 g/mol. The van der Waals surface area contributed by atoms with Crippen LogP contribution in [0.25, 0.3) is 0 Å². The van der Waals surface area contributed by atoms with Crippen LogP contribution in [-0.4, -0.2) is 26.6 Å². The van der Waals surface area contributed by atoms with Gasteiger partial charge in [0.1, 0.15) is 4.90 Å². The summed E-state index contributed by atoms with van der Waals surface area (Å²) in [6, 6.07) is 9.05. The maximum atomic E-state index is 12.2. The van der Waals surface area contributed by atoms with Crippen molar-refractivity contribution in [3.63, 3.8) is 0 Å². The van der Waals surface area contributed by atoms with Gasteiger partial charge < -0.3 is 14.0 Å². The van der Waals surface area contributed by atoms with E-state index in [0.717, 1.165) is 0 Å². The largest absolute Gasteiger partial charge is 0.493 e. The van der Waals surface area contributed by atoms with Crippen molar-refractivity contribution in [2.24, 2.45) is 0 Å². The second kappa shape index (κ2) is 6.25. The molecule has 0 unspecified atom stereocenters. The number of carboxylic acid groups (broad SMARTS) is 1. The van der Waals surface area contributed by atoms with E-state index in [-0.39, 0.29) is 22.0 Å². The molecule has 0 fully saturated rings. The molecule has 0 spiro atoms. The molecule has 0 bridgehead atoms. The number of rotatable bonds is 5. The Hall–Kier alpha value is -2.25. The van der Waals surface area contributed by atoms with Crippen molar-refractivity contribution in [1.29, 1.82) is 0 Å².